The number of pyridine rings is 1. The number of fused-ring (bicyclic) bond motifs is 1. The molecule has 0 atom stereocenters. The molecule has 0 spiro atoms. The number of carbonyl (C=O) groups is 2. The quantitative estimate of drug-likeness (QED) is 0.216. The lowest BCUT2D eigenvalue weighted by molar-refractivity contribution is -0.118. The lowest BCUT2D eigenvalue weighted by Crippen LogP contribution is -2.41. The smallest absolute Gasteiger partial charge is 0.410 e. The minimum atomic E-state index is -0.500. The number of hydrogen-bond acceptors (Lipinski definition) is 6. The minimum Gasteiger partial charge on any atom is -0.505 e. The highest BCUT2D eigenvalue weighted by Crippen LogP contribution is 2.38. The van der Waals surface area contributed by atoms with Gasteiger partial charge in [0.1, 0.15) is 28.6 Å². The highest BCUT2D eigenvalue weighted by atomic mass is 35.5. The number of carbonyl (C=O) groups excluding carboxylic acids is 2. The maximum Gasteiger partial charge on any atom is 0.410 e. The number of rotatable bonds is 10. The van der Waals surface area contributed by atoms with E-state index in [1.807, 2.05) is 32.9 Å². The Morgan fingerprint density at radius 1 is 1.05 bits per heavy atom. The first kappa shape index (κ1) is 30.6. The summed E-state index contributed by atoms with van der Waals surface area (Å²) < 4.78 is 17.7. The van der Waals surface area contributed by atoms with Crippen LogP contribution < -0.4 is 9.47 Å². The first-order chi connectivity index (χ1) is 20.6. The van der Waals surface area contributed by atoms with Crippen molar-refractivity contribution in [1.82, 2.24) is 9.88 Å². The van der Waals surface area contributed by atoms with Crippen molar-refractivity contribution in [3.05, 3.63) is 64.6 Å². The molecule has 1 aromatic heterocycles. The van der Waals surface area contributed by atoms with Gasteiger partial charge in [-0.25, -0.2) is 9.64 Å². The van der Waals surface area contributed by atoms with E-state index >= 15 is 0 Å². The zero-order chi connectivity index (χ0) is 30.6. The fourth-order valence-electron chi connectivity index (χ4n) is 5.29. The lowest BCUT2D eigenvalue weighted by atomic mass is 9.94. The molecule has 43 heavy (non-hydrogen) atoms. The zero-order valence-corrected chi connectivity index (χ0v) is 25.8. The number of aromatic nitrogens is 1. The first-order valence-electron chi connectivity index (χ1n) is 15.0. The molecule has 3 aromatic rings. The Labute approximate surface area is 258 Å². The fourth-order valence-corrected chi connectivity index (χ4v) is 5.52. The Morgan fingerprint density at radius 2 is 1.81 bits per heavy atom. The van der Waals surface area contributed by atoms with Gasteiger partial charge in [0, 0.05) is 42.5 Å². The maximum atomic E-state index is 12.3. The summed E-state index contributed by atoms with van der Waals surface area (Å²) in [5.74, 6) is 2.78. The molecule has 5 rings (SSSR count). The van der Waals surface area contributed by atoms with Gasteiger partial charge in [0.15, 0.2) is 0 Å². The molecule has 2 aromatic carbocycles. The second-order valence-corrected chi connectivity index (χ2v) is 12.9. The molecule has 0 unspecified atom stereocenters. The molecule has 0 N–H and O–H groups in total. The van der Waals surface area contributed by atoms with Crippen LogP contribution in [0.2, 0.25) is 5.02 Å². The number of halogens is 1. The van der Waals surface area contributed by atoms with E-state index in [2.05, 4.69) is 9.83 Å². The van der Waals surface area contributed by atoms with Gasteiger partial charge < -0.3 is 19.1 Å². The van der Waals surface area contributed by atoms with Crippen molar-refractivity contribution >= 4 is 40.1 Å². The van der Waals surface area contributed by atoms with E-state index in [1.54, 1.807) is 35.4 Å². The molecule has 2 aliphatic rings. The van der Waals surface area contributed by atoms with Crippen LogP contribution in [0.3, 0.4) is 0 Å². The van der Waals surface area contributed by atoms with Crippen LogP contribution in [-0.4, -0.2) is 47.1 Å². The molecular weight excluding hydrogens is 566 g/mol. The van der Waals surface area contributed by atoms with Crippen LogP contribution in [-0.2, 0) is 16.0 Å². The van der Waals surface area contributed by atoms with Crippen molar-refractivity contribution in [1.29, 1.82) is 0 Å². The lowest BCUT2D eigenvalue weighted by Gasteiger charge is -2.33. The van der Waals surface area contributed by atoms with E-state index in [4.69, 9.17) is 32.4 Å². The Balaban J connectivity index is 1.19. The summed E-state index contributed by atoms with van der Waals surface area (Å²) in [6, 6.07) is 10.6. The predicted molar refractivity (Wildman–Crippen MR) is 166 cm³/mol. The number of amides is 1. The molecule has 0 bridgehead atoms. The standard InChI is InChI=1S/C34H38ClN3O5/c1-34(2,3)43-33(40)38-14-10-22(11-15-38)12-16-41-32-21-29-27(20-30(32)36-4)31(9-13-37-29)42-26-8-7-24(28(35)19-26)18-25(39)17-23-5-6-23/h7-9,13,19-23H,5-6,10-12,14-18H2,1-3H3. The van der Waals surface area contributed by atoms with Crippen molar-refractivity contribution in [3.8, 4) is 17.2 Å². The summed E-state index contributed by atoms with van der Waals surface area (Å²) in [5.41, 5.74) is 1.33. The molecule has 8 nitrogen and oxygen atoms in total. The maximum absolute atomic E-state index is 12.3. The summed E-state index contributed by atoms with van der Waals surface area (Å²) in [7, 11) is 0. The van der Waals surface area contributed by atoms with Gasteiger partial charge in [0.05, 0.1) is 18.7 Å². The Kier molecular flexibility index (Phi) is 9.41. The van der Waals surface area contributed by atoms with Gasteiger partial charge in [-0.05, 0) is 101 Å². The summed E-state index contributed by atoms with van der Waals surface area (Å²) in [5, 5.41) is 1.18. The molecule has 226 valence electrons. The van der Waals surface area contributed by atoms with Crippen LogP contribution in [0.5, 0.6) is 17.2 Å². The Hall–Kier alpha value is -3.83. The van der Waals surface area contributed by atoms with E-state index in [1.165, 1.54) is 0 Å². The highest BCUT2D eigenvalue weighted by molar-refractivity contribution is 6.31. The molecule has 2 fully saturated rings. The van der Waals surface area contributed by atoms with E-state index in [-0.39, 0.29) is 11.9 Å². The summed E-state index contributed by atoms with van der Waals surface area (Å²) in [6.45, 7) is 15.2. The summed E-state index contributed by atoms with van der Waals surface area (Å²) >= 11 is 6.50. The van der Waals surface area contributed by atoms with Crippen LogP contribution >= 0.6 is 11.6 Å². The van der Waals surface area contributed by atoms with Crippen LogP contribution in [0, 0.1) is 18.4 Å². The second-order valence-electron chi connectivity index (χ2n) is 12.5. The van der Waals surface area contributed by atoms with Gasteiger partial charge >= 0.3 is 6.09 Å². The number of benzene rings is 2. The van der Waals surface area contributed by atoms with Gasteiger partial charge in [-0.1, -0.05) is 17.7 Å². The molecular formula is C34H38ClN3O5. The highest BCUT2D eigenvalue weighted by Gasteiger charge is 2.27. The van der Waals surface area contributed by atoms with E-state index < -0.39 is 5.60 Å². The number of likely N-dealkylation sites (tertiary alicyclic amines) is 1. The monoisotopic (exact) mass is 603 g/mol. The number of piperidine rings is 1. The average Bonchev–Trinajstić information content (AvgIpc) is 3.77. The third-order valence-corrected chi connectivity index (χ3v) is 8.16. The predicted octanol–water partition coefficient (Wildman–Crippen LogP) is 8.56. The Bertz CT molecular complexity index is 1530. The molecule has 0 radical (unpaired) electrons. The van der Waals surface area contributed by atoms with E-state index in [0.717, 1.165) is 37.7 Å². The number of Topliss-reactive ketones (excluding diaryl/α,β-unsaturated/α-hetero) is 1. The molecule has 1 aliphatic carbocycles. The molecule has 1 saturated carbocycles. The molecule has 1 amide bonds. The van der Waals surface area contributed by atoms with Crippen molar-refractivity contribution in [3.63, 3.8) is 0 Å². The van der Waals surface area contributed by atoms with Crippen molar-refractivity contribution < 1.29 is 23.8 Å². The van der Waals surface area contributed by atoms with Crippen molar-refractivity contribution in [2.45, 2.75) is 71.3 Å². The second kappa shape index (κ2) is 13.2. The van der Waals surface area contributed by atoms with E-state index in [0.29, 0.717) is 83.2 Å². The molecule has 9 heteroatoms. The van der Waals surface area contributed by atoms with Crippen molar-refractivity contribution in [2.75, 3.05) is 19.7 Å². The molecule has 1 saturated heterocycles. The third-order valence-electron chi connectivity index (χ3n) is 7.81. The number of nitrogens with zero attached hydrogens (tertiary/aromatic N) is 3. The topological polar surface area (TPSA) is 82.3 Å². The third kappa shape index (κ3) is 8.39. The molecule has 1 aliphatic heterocycles. The number of ether oxygens (including phenoxy) is 3. The number of ketones is 1. The summed E-state index contributed by atoms with van der Waals surface area (Å²) in [4.78, 5) is 34.6. The van der Waals surface area contributed by atoms with Gasteiger partial charge in [-0.3, -0.25) is 9.78 Å². The Morgan fingerprint density at radius 3 is 2.49 bits per heavy atom. The first-order valence-corrected chi connectivity index (χ1v) is 15.3. The normalized spacial score (nSPS) is 15.7. The minimum absolute atomic E-state index is 0.214. The average molecular weight is 604 g/mol. The zero-order valence-electron chi connectivity index (χ0n) is 25.0. The van der Waals surface area contributed by atoms with Gasteiger partial charge in [0.2, 0.25) is 5.69 Å². The molecule has 2 heterocycles. The largest absolute Gasteiger partial charge is 0.505 e. The van der Waals surface area contributed by atoms with E-state index in [9.17, 15) is 9.59 Å². The van der Waals surface area contributed by atoms with Gasteiger partial charge in [0.25, 0.3) is 0 Å². The number of hydrogen-bond donors (Lipinski definition) is 0. The van der Waals surface area contributed by atoms with Crippen LogP contribution in [0.15, 0.2) is 42.6 Å². The van der Waals surface area contributed by atoms with Crippen LogP contribution in [0.1, 0.15) is 64.9 Å². The van der Waals surface area contributed by atoms with Gasteiger partial charge in [-0.2, -0.15) is 0 Å². The summed E-state index contributed by atoms with van der Waals surface area (Å²) in [6.07, 6.45) is 7.26. The fraction of sp³-hybridized carbons (Fsp3) is 0.471. The van der Waals surface area contributed by atoms with Crippen LogP contribution in [0.4, 0.5) is 10.5 Å². The van der Waals surface area contributed by atoms with Gasteiger partial charge in [-0.15, -0.1) is 0 Å². The van der Waals surface area contributed by atoms with Crippen LogP contribution in [0.25, 0.3) is 15.7 Å². The van der Waals surface area contributed by atoms with Crippen molar-refractivity contribution in [2.24, 2.45) is 11.8 Å². The SMILES string of the molecule is [C-]#[N+]c1cc2c(Oc3ccc(CC(=O)CC4CC4)c(Cl)c3)ccnc2cc1OCCC1CCN(C(=O)OC(C)(C)C)CC1.